The van der Waals surface area contributed by atoms with E-state index in [1.54, 1.807) is 18.1 Å². The molecule has 144 valence electrons. The van der Waals surface area contributed by atoms with Crippen LogP contribution in [0.4, 0.5) is 0 Å². The minimum absolute atomic E-state index is 0.680. The SMILES string of the molecule is CCCCCOc1cc(-n2cnc3cc(-n4cncn4)ccc32)ccc1OC. The molecule has 4 aromatic rings. The van der Waals surface area contributed by atoms with Crippen molar-refractivity contribution in [3.63, 3.8) is 0 Å². The van der Waals surface area contributed by atoms with E-state index in [2.05, 4.69) is 22.0 Å². The van der Waals surface area contributed by atoms with Gasteiger partial charge in [0.2, 0.25) is 0 Å². The van der Waals surface area contributed by atoms with Gasteiger partial charge in [0.1, 0.15) is 19.0 Å². The maximum atomic E-state index is 5.97. The lowest BCUT2D eigenvalue weighted by molar-refractivity contribution is 0.286. The van der Waals surface area contributed by atoms with E-state index in [0.717, 1.165) is 53.2 Å². The van der Waals surface area contributed by atoms with Crippen LogP contribution < -0.4 is 9.47 Å². The van der Waals surface area contributed by atoms with Crippen LogP contribution in [0.5, 0.6) is 11.5 Å². The minimum atomic E-state index is 0.680. The molecular weight excluding hydrogens is 354 g/mol. The van der Waals surface area contributed by atoms with E-state index in [9.17, 15) is 0 Å². The molecule has 0 fully saturated rings. The van der Waals surface area contributed by atoms with Gasteiger partial charge in [-0.3, -0.25) is 4.57 Å². The Morgan fingerprint density at radius 2 is 1.86 bits per heavy atom. The molecule has 0 aliphatic rings. The highest BCUT2D eigenvalue weighted by Gasteiger charge is 2.11. The van der Waals surface area contributed by atoms with E-state index in [0.29, 0.717) is 6.61 Å². The highest BCUT2D eigenvalue weighted by molar-refractivity contribution is 5.79. The van der Waals surface area contributed by atoms with Crippen LogP contribution in [-0.2, 0) is 0 Å². The summed E-state index contributed by atoms with van der Waals surface area (Å²) in [5.41, 5.74) is 3.78. The number of hydrogen-bond donors (Lipinski definition) is 0. The van der Waals surface area contributed by atoms with Crippen LogP contribution >= 0.6 is 0 Å². The highest BCUT2D eigenvalue weighted by Crippen LogP contribution is 2.31. The van der Waals surface area contributed by atoms with Crippen molar-refractivity contribution in [2.75, 3.05) is 13.7 Å². The maximum absolute atomic E-state index is 5.97. The van der Waals surface area contributed by atoms with Gasteiger partial charge in [-0.15, -0.1) is 0 Å². The highest BCUT2D eigenvalue weighted by atomic mass is 16.5. The van der Waals surface area contributed by atoms with Gasteiger partial charge in [0.15, 0.2) is 11.5 Å². The Hall–Kier alpha value is -3.35. The van der Waals surface area contributed by atoms with Crippen LogP contribution in [0.3, 0.4) is 0 Å². The smallest absolute Gasteiger partial charge is 0.163 e. The quantitative estimate of drug-likeness (QED) is 0.431. The summed E-state index contributed by atoms with van der Waals surface area (Å²) in [5.74, 6) is 1.48. The Morgan fingerprint density at radius 3 is 2.64 bits per heavy atom. The third-order valence-electron chi connectivity index (χ3n) is 4.64. The summed E-state index contributed by atoms with van der Waals surface area (Å²) in [4.78, 5) is 8.55. The molecule has 0 saturated heterocycles. The molecule has 2 aromatic heterocycles. The Morgan fingerprint density at radius 1 is 0.964 bits per heavy atom. The molecule has 7 nitrogen and oxygen atoms in total. The average molecular weight is 377 g/mol. The van der Waals surface area contributed by atoms with Gasteiger partial charge in [0.25, 0.3) is 0 Å². The lowest BCUT2D eigenvalue weighted by atomic mass is 10.2. The molecule has 0 N–H and O–H groups in total. The Balaban J connectivity index is 1.65. The van der Waals surface area contributed by atoms with Crippen molar-refractivity contribution >= 4 is 11.0 Å². The maximum Gasteiger partial charge on any atom is 0.163 e. The molecule has 0 radical (unpaired) electrons. The first-order valence-electron chi connectivity index (χ1n) is 9.43. The monoisotopic (exact) mass is 377 g/mol. The Bertz CT molecular complexity index is 1060. The first-order chi connectivity index (χ1) is 13.8. The van der Waals surface area contributed by atoms with Crippen molar-refractivity contribution in [2.45, 2.75) is 26.2 Å². The summed E-state index contributed by atoms with van der Waals surface area (Å²) >= 11 is 0. The second kappa shape index (κ2) is 8.12. The summed E-state index contributed by atoms with van der Waals surface area (Å²) in [5, 5.41) is 4.17. The minimum Gasteiger partial charge on any atom is -0.493 e. The molecule has 2 aromatic carbocycles. The van der Waals surface area contributed by atoms with Gasteiger partial charge >= 0.3 is 0 Å². The van der Waals surface area contributed by atoms with Crippen LogP contribution in [0.1, 0.15) is 26.2 Å². The molecule has 0 unspecified atom stereocenters. The number of ether oxygens (including phenoxy) is 2. The third-order valence-corrected chi connectivity index (χ3v) is 4.64. The van der Waals surface area contributed by atoms with E-state index in [-0.39, 0.29) is 0 Å². The molecule has 0 atom stereocenters. The lowest BCUT2D eigenvalue weighted by Crippen LogP contribution is -2.01. The number of benzene rings is 2. The molecule has 0 aliphatic carbocycles. The van der Waals surface area contributed by atoms with E-state index in [1.807, 2.05) is 47.3 Å². The van der Waals surface area contributed by atoms with Crippen molar-refractivity contribution in [1.82, 2.24) is 24.3 Å². The number of aromatic nitrogens is 5. The molecule has 0 saturated carbocycles. The van der Waals surface area contributed by atoms with Gasteiger partial charge < -0.3 is 9.47 Å². The topological polar surface area (TPSA) is 67.0 Å². The predicted octanol–water partition coefficient (Wildman–Crippen LogP) is 4.18. The van der Waals surface area contributed by atoms with Crippen molar-refractivity contribution < 1.29 is 9.47 Å². The van der Waals surface area contributed by atoms with Crippen LogP contribution in [0.2, 0.25) is 0 Å². The number of methoxy groups -OCH3 is 1. The van der Waals surface area contributed by atoms with E-state index in [4.69, 9.17) is 9.47 Å². The van der Waals surface area contributed by atoms with Gasteiger partial charge in [0, 0.05) is 6.07 Å². The molecule has 4 rings (SSSR count). The van der Waals surface area contributed by atoms with Gasteiger partial charge in [-0.1, -0.05) is 19.8 Å². The Kier molecular flexibility index (Phi) is 5.23. The van der Waals surface area contributed by atoms with Gasteiger partial charge in [0.05, 0.1) is 36.1 Å². The molecule has 0 aliphatic heterocycles. The fraction of sp³-hybridized carbons (Fsp3) is 0.286. The molecule has 2 heterocycles. The second-order valence-electron chi connectivity index (χ2n) is 6.52. The van der Waals surface area contributed by atoms with E-state index < -0.39 is 0 Å². The number of unbranched alkanes of at least 4 members (excludes halogenated alkanes) is 2. The van der Waals surface area contributed by atoms with Crippen LogP contribution in [0, 0.1) is 0 Å². The summed E-state index contributed by atoms with van der Waals surface area (Å²) in [6.07, 6.45) is 8.35. The zero-order chi connectivity index (χ0) is 19.3. The molecule has 7 heteroatoms. The van der Waals surface area contributed by atoms with E-state index >= 15 is 0 Å². The van der Waals surface area contributed by atoms with Crippen LogP contribution in [-0.4, -0.2) is 38.0 Å². The summed E-state index contributed by atoms with van der Waals surface area (Å²) in [6.45, 7) is 2.86. The van der Waals surface area contributed by atoms with Crippen molar-refractivity contribution in [1.29, 1.82) is 0 Å². The second-order valence-corrected chi connectivity index (χ2v) is 6.52. The number of rotatable bonds is 8. The standard InChI is InChI=1S/C21H23N5O2/c1-3-4-5-10-28-21-12-16(7-9-20(21)27-2)25-15-23-18-11-17(6-8-19(18)25)26-14-22-13-24-26/h6-9,11-15H,3-5,10H2,1-2H3. The lowest BCUT2D eigenvalue weighted by Gasteiger charge is -2.13. The summed E-state index contributed by atoms with van der Waals surface area (Å²) < 4.78 is 15.2. The molecule has 0 bridgehead atoms. The van der Waals surface area contributed by atoms with E-state index in [1.165, 1.54) is 6.33 Å². The summed E-state index contributed by atoms with van der Waals surface area (Å²) in [6, 6.07) is 12.0. The third kappa shape index (κ3) is 3.55. The number of nitrogens with zero attached hydrogens (tertiary/aromatic N) is 5. The zero-order valence-electron chi connectivity index (χ0n) is 16.1. The number of imidazole rings is 1. The molecular formula is C21H23N5O2. The van der Waals surface area contributed by atoms with Crippen molar-refractivity contribution in [3.8, 4) is 22.9 Å². The van der Waals surface area contributed by atoms with Crippen LogP contribution in [0.25, 0.3) is 22.4 Å². The van der Waals surface area contributed by atoms with Crippen molar-refractivity contribution in [3.05, 3.63) is 55.4 Å². The molecule has 0 amide bonds. The molecule has 0 spiro atoms. The first kappa shape index (κ1) is 18.0. The number of fused-ring (bicyclic) bond motifs is 1. The van der Waals surface area contributed by atoms with Gasteiger partial charge in [-0.25, -0.2) is 14.6 Å². The van der Waals surface area contributed by atoms with Crippen LogP contribution in [0.15, 0.2) is 55.4 Å². The van der Waals surface area contributed by atoms with Crippen molar-refractivity contribution in [2.24, 2.45) is 0 Å². The van der Waals surface area contributed by atoms with Gasteiger partial charge in [-0.05, 0) is 36.8 Å². The number of hydrogen-bond acceptors (Lipinski definition) is 5. The van der Waals surface area contributed by atoms with Gasteiger partial charge in [-0.2, -0.15) is 5.10 Å². The largest absolute Gasteiger partial charge is 0.493 e. The fourth-order valence-corrected chi connectivity index (χ4v) is 3.15. The first-order valence-corrected chi connectivity index (χ1v) is 9.43. The summed E-state index contributed by atoms with van der Waals surface area (Å²) in [7, 11) is 1.66. The molecule has 28 heavy (non-hydrogen) atoms. The fourth-order valence-electron chi connectivity index (χ4n) is 3.15. The Labute approximate surface area is 163 Å². The zero-order valence-corrected chi connectivity index (χ0v) is 16.1. The predicted molar refractivity (Wildman–Crippen MR) is 108 cm³/mol. The normalized spacial score (nSPS) is 11.1. The average Bonchev–Trinajstić information content (AvgIpc) is 3.40.